The summed E-state index contributed by atoms with van der Waals surface area (Å²) in [6, 6.07) is 8.01. The third kappa shape index (κ3) is 4.88. The summed E-state index contributed by atoms with van der Waals surface area (Å²) in [5.41, 5.74) is 0.714. The standard InChI is InChI=1S/C23H26N4O4S/c1-14(2)20(29)25-18-11-7-6-10-17(18)22(30)31-13-16-12-19(28)27-23(24-16)32-21(26-27)15-8-4-3-5-9-15/h6-7,10-12,14-15H,3-5,8-9,13H2,1-2H3,(H,25,29). The zero-order valence-corrected chi connectivity index (χ0v) is 19.0. The van der Waals surface area contributed by atoms with E-state index in [9.17, 15) is 14.4 Å². The Hall–Kier alpha value is -3.07. The average molecular weight is 455 g/mol. The molecule has 1 amide bonds. The van der Waals surface area contributed by atoms with Crippen molar-refractivity contribution in [3.63, 3.8) is 0 Å². The number of anilines is 1. The van der Waals surface area contributed by atoms with Crippen molar-refractivity contribution in [1.82, 2.24) is 14.6 Å². The Morgan fingerprint density at radius 2 is 1.97 bits per heavy atom. The van der Waals surface area contributed by atoms with Crippen molar-refractivity contribution in [2.45, 2.75) is 58.5 Å². The summed E-state index contributed by atoms with van der Waals surface area (Å²) in [6.07, 6.45) is 5.80. The van der Waals surface area contributed by atoms with Crippen molar-refractivity contribution in [3.8, 4) is 0 Å². The van der Waals surface area contributed by atoms with Gasteiger partial charge >= 0.3 is 5.97 Å². The molecule has 0 saturated heterocycles. The van der Waals surface area contributed by atoms with Gasteiger partial charge in [0.2, 0.25) is 10.9 Å². The van der Waals surface area contributed by atoms with Crippen LogP contribution in [0.5, 0.6) is 0 Å². The molecular weight excluding hydrogens is 428 g/mol. The van der Waals surface area contributed by atoms with Crippen LogP contribution in [-0.4, -0.2) is 26.5 Å². The van der Waals surface area contributed by atoms with E-state index in [-0.39, 0.29) is 29.6 Å². The number of fused-ring (bicyclic) bond motifs is 1. The Balaban J connectivity index is 1.49. The number of esters is 1. The van der Waals surface area contributed by atoms with Gasteiger partial charge in [0.05, 0.1) is 16.9 Å². The van der Waals surface area contributed by atoms with Crippen LogP contribution in [0.4, 0.5) is 5.69 Å². The average Bonchev–Trinajstić information content (AvgIpc) is 3.23. The van der Waals surface area contributed by atoms with Crippen LogP contribution < -0.4 is 10.9 Å². The first-order valence-electron chi connectivity index (χ1n) is 10.9. The zero-order chi connectivity index (χ0) is 22.7. The number of para-hydroxylation sites is 1. The van der Waals surface area contributed by atoms with Gasteiger partial charge in [-0.15, -0.1) is 0 Å². The fraction of sp³-hybridized carbons (Fsp3) is 0.435. The third-order valence-corrected chi connectivity index (χ3v) is 6.62. The Bertz CT molecular complexity index is 1190. The van der Waals surface area contributed by atoms with Gasteiger partial charge in [0.25, 0.3) is 5.56 Å². The van der Waals surface area contributed by atoms with E-state index in [1.165, 1.54) is 41.2 Å². The Morgan fingerprint density at radius 3 is 2.72 bits per heavy atom. The van der Waals surface area contributed by atoms with E-state index in [1.807, 2.05) is 0 Å². The number of nitrogens with one attached hydrogen (secondary N) is 1. The van der Waals surface area contributed by atoms with E-state index in [0.29, 0.717) is 22.3 Å². The number of hydrogen-bond donors (Lipinski definition) is 1. The lowest BCUT2D eigenvalue weighted by atomic mass is 9.90. The maximum absolute atomic E-state index is 12.7. The van der Waals surface area contributed by atoms with E-state index in [0.717, 1.165) is 17.8 Å². The highest BCUT2D eigenvalue weighted by Crippen LogP contribution is 2.34. The lowest BCUT2D eigenvalue weighted by Crippen LogP contribution is -2.20. The first kappa shape index (κ1) is 22.1. The molecule has 2 aromatic heterocycles. The smallest absolute Gasteiger partial charge is 0.340 e. The highest BCUT2D eigenvalue weighted by atomic mass is 32.1. The van der Waals surface area contributed by atoms with Gasteiger partial charge in [-0.25, -0.2) is 9.78 Å². The van der Waals surface area contributed by atoms with E-state index < -0.39 is 5.97 Å². The minimum atomic E-state index is -0.598. The second-order valence-corrected chi connectivity index (χ2v) is 9.31. The van der Waals surface area contributed by atoms with E-state index in [1.54, 1.807) is 38.1 Å². The van der Waals surface area contributed by atoms with Crippen molar-refractivity contribution >= 4 is 33.9 Å². The molecule has 0 unspecified atom stereocenters. The van der Waals surface area contributed by atoms with Crippen LogP contribution in [0, 0.1) is 5.92 Å². The molecule has 1 fully saturated rings. The van der Waals surface area contributed by atoms with Crippen LogP contribution >= 0.6 is 11.3 Å². The van der Waals surface area contributed by atoms with Crippen LogP contribution in [0.15, 0.2) is 35.1 Å². The van der Waals surface area contributed by atoms with Gasteiger partial charge in [-0.2, -0.15) is 9.61 Å². The molecule has 168 valence electrons. The van der Waals surface area contributed by atoms with Gasteiger partial charge in [0, 0.05) is 17.9 Å². The molecule has 0 atom stereocenters. The molecule has 9 heteroatoms. The number of carbonyl (C=O) groups excluding carboxylic acids is 2. The Morgan fingerprint density at radius 1 is 1.22 bits per heavy atom. The number of ether oxygens (including phenoxy) is 1. The second kappa shape index (κ2) is 9.60. The highest BCUT2D eigenvalue weighted by molar-refractivity contribution is 7.16. The van der Waals surface area contributed by atoms with Gasteiger partial charge in [-0.05, 0) is 25.0 Å². The summed E-state index contributed by atoms with van der Waals surface area (Å²) in [7, 11) is 0. The predicted octanol–water partition coefficient (Wildman–Crippen LogP) is 4.15. The van der Waals surface area contributed by atoms with Crippen LogP contribution in [0.25, 0.3) is 4.96 Å². The van der Waals surface area contributed by atoms with E-state index >= 15 is 0 Å². The highest BCUT2D eigenvalue weighted by Gasteiger charge is 2.21. The molecule has 8 nitrogen and oxygen atoms in total. The van der Waals surface area contributed by atoms with Crippen LogP contribution in [0.3, 0.4) is 0 Å². The Kier molecular flexibility index (Phi) is 6.64. The summed E-state index contributed by atoms with van der Waals surface area (Å²) < 4.78 is 6.74. The normalized spacial score (nSPS) is 14.6. The summed E-state index contributed by atoms with van der Waals surface area (Å²) in [5.74, 6) is -0.627. The second-order valence-electron chi connectivity index (χ2n) is 8.32. The molecule has 0 spiro atoms. The fourth-order valence-electron chi connectivity index (χ4n) is 3.72. The van der Waals surface area contributed by atoms with Crippen molar-refractivity contribution in [2.75, 3.05) is 5.32 Å². The van der Waals surface area contributed by atoms with Gasteiger partial charge in [-0.1, -0.05) is 56.6 Å². The number of benzene rings is 1. The largest absolute Gasteiger partial charge is 0.456 e. The molecule has 2 heterocycles. The number of nitrogens with zero attached hydrogens (tertiary/aromatic N) is 3. The maximum atomic E-state index is 12.7. The minimum absolute atomic E-state index is 0.145. The van der Waals surface area contributed by atoms with Crippen molar-refractivity contribution in [2.24, 2.45) is 5.92 Å². The number of amides is 1. The molecule has 1 aliphatic carbocycles. The summed E-state index contributed by atoms with van der Waals surface area (Å²) >= 11 is 1.43. The quantitative estimate of drug-likeness (QED) is 0.561. The molecule has 1 aromatic carbocycles. The summed E-state index contributed by atoms with van der Waals surface area (Å²) in [5, 5.41) is 8.17. The summed E-state index contributed by atoms with van der Waals surface area (Å²) in [6.45, 7) is 3.40. The lowest BCUT2D eigenvalue weighted by molar-refractivity contribution is -0.118. The molecule has 3 aromatic rings. The molecule has 0 radical (unpaired) electrons. The van der Waals surface area contributed by atoms with Crippen LogP contribution in [-0.2, 0) is 16.1 Å². The van der Waals surface area contributed by atoms with Crippen LogP contribution in [0.1, 0.15) is 72.9 Å². The molecule has 1 N–H and O–H groups in total. The number of hydrogen-bond acceptors (Lipinski definition) is 7. The minimum Gasteiger partial charge on any atom is -0.456 e. The van der Waals surface area contributed by atoms with E-state index in [2.05, 4.69) is 15.4 Å². The number of carbonyl (C=O) groups is 2. The Labute approximate surface area is 189 Å². The van der Waals surface area contributed by atoms with Crippen molar-refractivity contribution in [3.05, 3.63) is 57.0 Å². The van der Waals surface area contributed by atoms with Crippen molar-refractivity contribution in [1.29, 1.82) is 0 Å². The maximum Gasteiger partial charge on any atom is 0.340 e. The molecule has 1 aliphatic rings. The molecular formula is C23H26N4O4S. The topological polar surface area (TPSA) is 103 Å². The SMILES string of the molecule is CC(C)C(=O)Nc1ccccc1C(=O)OCc1cc(=O)n2nc(C3CCCCC3)sc2n1. The van der Waals surface area contributed by atoms with E-state index in [4.69, 9.17) is 4.74 Å². The summed E-state index contributed by atoms with van der Waals surface area (Å²) in [4.78, 5) is 42.2. The number of rotatable bonds is 6. The van der Waals surface area contributed by atoms with Crippen molar-refractivity contribution < 1.29 is 14.3 Å². The van der Waals surface area contributed by atoms with Gasteiger partial charge in [-0.3, -0.25) is 9.59 Å². The molecule has 0 bridgehead atoms. The monoisotopic (exact) mass is 454 g/mol. The first-order chi connectivity index (χ1) is 15.4. The zero-order valence-electron chi connectivity index (χ0n) is 18.2. The molecule has 1 saturated carbocycles. The molecule has 0 aliphatic heterocycles. The fourth-order valence-corrected chi connectivity index (χ4v) is 4.82. The lowest BCUT2D eigenvalue weighted by Gasteiger charge is -2.18. The third-order valence-electron chi connectivity index (χ3n) is 5.55. The van der Waals surface area contributed by atoms with Crippen LogP contribution in [0.2, 0.25) is 0 Å². The molecule has 4 rings (SSSR count). The number of aromatic nitrogens is 3. The first-order valence-corrected chi connectivity index (χ1v) is 11.7. The van der Waals surface area contributed by atoms with Gasteiger partial charge in [0.1, 0.15) is 11.6 Å². The van der Waals surface area contributed by atoms with Gasteiger partial charge in [0.15, 0.2) is 0 Å². The predicted molar refractivity (Wildman–Crippen MR) is 122 cm³/mol. The molecule has 32 heavy (non-hydrogen) atoms. The van der Waals surface area contributed by atoms with Gasteiger partial charge < -0.3 is 10.1 Å².